The quantitative estimate of drug-likeness (QED) is 0.597. The minimum absolute atomic E-state index is 0.0518. The Bertz CT molecular complexity index is 288. The van der Waals surface area contributed by atoms with Crippen LogP contribution in [0, 0.1) is 11.8 Å². The highest BCUT2D eigenvalue weighted by Gasteiger charge is 2.16. The predicted octanol–water partition coefficient (Wildman–Crippen LogP) is 0.784. The Morgan fingerprint density at radius 1 is 1.16 bits per heavy atom. The van der Waals surface area contributed by atoms with Crippen molar-refractivity contribution in [3.8, 4) is 0 Å². The van der Waals surface area contributed by atoms with Crippen molar-refractivity contribution in [1.82, 2.24) is 10.6 Å². The van der Waals surface area contributed by atoms with E-state index >= 15 is 0 Å². The second kappa shape index (κ2) is 8.91. The van der Waals surface area contributed by atoms with Gasteiger partial charge in [-0.3, -0.25) is 9.59 Å². The molecule has 5 nitrogen and oxygen atoms in total. The molecular weight excluding hydrogens is 242 g/mol. The molecule has 1 rings (SSSR count). The van der Waals surface area contributed by atoms with E-state index in [1.165, 1.54) is 32.1 Å². The maximum Gasteiger partial charge on any atom is 0.224 e. The molecule has 1 unspecified atom stereocenters. The SMILES string of the molecule is CC(CN)C(=O)NCCNC(=O)CC1CCCCC1. The van der Waals surface area contributed by atoms with Gasteiger partial charge in [0.2, 0.25) is 11.8 Å². The van der Waals surface area contributed by atoms with E-state index in [2.05, 4.69) is 10.6 Å². The third-order valence-corrected chi connectivity index (χ3v) is 3.75. The Kier molecular flexibility index (Phi) is 7.48. The first-order chi connectivity index (χ1) is 9.13. The van der Waals surface area contributed by atoms with Crippen LogP contribution in [0.15, 0.2) is 0 Å². The van der Waals surface area contributed by atoms with E-state index in [4.69, 9.17) is 5.73 Å². The lowest BCUT2D eigenvalue weighted by Crippen LogP contribution is -2.39. The zero-order chi connectivity index (χ0) is 14.1. The Morgan fingerprint density at radius 3 is 2.42 bits per heavy atom. The minimum Gasteiger partial charge on any atom is -0.354 e. The van der Waals surface area contributed by atoms with Gasteiger partial charge < -0.3 is 16.4 Å². The van der Waals surface area contributed by atoms with Crippen LogP contribution in [0.1, 0.15) is 45.4 Å². The molecule has 0 aromatic carbocycles. The van der Waals surface area contributed by atoms with Crippen LogP contribution in [0.25, 0.3) is 0 Å². The van der Waals surface area contributed by atoms with Crippen molar-refractivity contribution in [2.75, 3.05) is 19.6 Å². The molecule has 0 bridgehead atoms. The second-order valence-corrected chi connectivity index (χ2v) is 5.49. The largest absolute Gasteiger partial charge is 0.354 e. The number of nitrogens with one attached hydrogen (secondary N) is 2. The van der Waals surface area contributed by atoms with E-state index in [1.54, 1.807) is 6.92 Å². The van der Waals surface area contributed by atoms with Crippen LogP contribution in [-0.2, 0) is 9.59 Å². The summed E-state index contributed by atoms with van der Waals surface area (Å²) in [5, 5.41) is 5.62. The molecule has 1 fully saturated rings. The van der Waals surface area contributed by atoms with E-state index in [1.807, 2.05) is 0 Å². The molecule has 1 atom stereocenters. The van der Waals surface area contributed by atoms with E-state index in [-0.39, 0.29) is 17.7 Å². The summed E-state index contributed by atoms with van der Waals surface area (Å²) in [5.41, 5.74) is 5.40. The molecule has 0 heterocycles. The fraction of sp³-hybridized carbons (Fsp3) is 0.857. The first-order valence-corrected chi connectivity index (χ1v) is 7.38. The van der Waals surface area contributed by atoms with Gasteiger partial charge in [0, 0.05) is 32.0 Å². The molecule has 1 aliphatic carbocycles. The summed E-state index contributed by atoms with van der Waals surface area (Å²) in [5.74, 6) is 0.440. The topological polar surface area (TPSA) is 84.2 Å². The van der Waals surface area contributed by atoms with Gasteiger partial charge in [-0.1, -0.05) is 26.2 Å². The fourth-order valence-electron chi connectivity index (χ4n) is 2.39. The molecule has 0 radical (unpaired) electrons. The van der Waals surface area contributed by atoms with Crippen molar-refractivity contribution in [1.29, 1.82) is 0 Å². The highest BCUT2D eigenvalue weighted by atomic mass is 16.2. The minimum atomic E-state index is -0.169. The summed E-state index contributed by atoms with van der Waals surface area (Å²) >= 11 is 0. The van der Waals surface area contributed by atoms with Crippen molar-refractivity contribution >= 4 is 11.8 Å². The van der Waals surface area contributed by atoms with Gasteiger partial charge in [0.25, 0.3) is 0 Å². The predicted molar refractivity (Wildman–Crippen MR) is 75.4 cm³/mol. The number of rotatable bonds is 7. The average Bonchev–Trinajstić information content (AvgIpc) is 2.43. The number of amides is 2. The zero-order valence-corrected chi connectivity index (χ0v) is 11.9. The summed E-state index contributed by atoms with van der Waals surface area (Å²) in [6.45, 7) is 3.10. The molecule has 0 spiro atoms. The molecule has 19 heavy (non-hydrogen) atoms. The number of carbonyl (C=O) groups is 2. The van der Waals surface area contributed by atoms with Gasteiger partial charge in [-0.2, -0.15) is 0 Å². The van der Waals surface area contributed by atoms with Crippen LogP contribution < -0.4 is 16.4 Å². The van der Waals surface area contributed by atoms with E-state index in [0.29, 0.717) is 32.0 Å². The highest BCUT2D eigenvalue weighted by molar-refractivity contribution is 5.78. The molecular formula is C14H27N3O2. The molecule has 0 saturated heterocycles. The van der Waals surface area contributed by atoms with Crippen molar-refractivity contribution in [2.45, 2.75) is 45.4 Å². The van der Waals surface area contributed by atoms with Crippen LogP contribution in [0.2, 0.25) is 0 Å². The van der Waals surface area contributed by atoms with Gasteiger partial charge in [0.15, 0.2) is 0 Å². The summed E-state index contributed by atoms with van der Waals surface area (Å²) < 4.78 is 0. The molecule has 4 N–H and O–H groups in total. The van der Waals surface area contributed by atoms with Gasteiger partial charge in [-0.15, -0.1) is 0 Å². The van der Waals surface area contributed by atoms with Crippen LogP contribution in [0.4, 0.5) is 0 Å². The molecule has 0 aromatic rings. The van der Waals surface area contributed by atoms with Crippen LogP contribution >= 0.6 is 0 Å². The van der Waals surface area contributed by atoms with Gasteiger partial charge in [0.05, 0.1) is 0 Å². The van der Waals surface area contributed by atoms with Crippen molar-refractivity contribution in [3.63, 3.8) is 0 Å². The van der Waals surface area contributed by atoms with E-state index in [9.17, 15) is 9.59 Å². The number of hydrogen-bond acceptors (Lipinski definition) is 3. The van der Waals surface area contributed by atoms with Crippen molar-refractivity contribution in [3.05, 3.63) is 0 Å². The molecule has 1 aliphatic rings. The molecule has 0 aliphatic heterocycles. The number of hydrogen-bond donors (Lipinski definition) is 3. The van der Waals surface area contributed by atoms with Crippen molar-refractivity contribution < 1.29 is 9.59 Å². The number of carbonyl (C=O) groups excluding carboxylic acids is 2. The molecule has 2 amide bonds. The van der Waals surface area contributed by atoms with Crippen LogP contribution in [0.5, 0.6) is 0 Å². The molecule has 0 aromatic heterocycles. The van der Waals surface area contributed by atoms with Gasteiger partial charge in [-0.25, -0.2) is 0 Å². The lowest BCUT2D eigenvalue weighted by Gasteiger charge is -2.20. The van der Waals surface area contributed by atoms with Gasteiger partial charge in [0.1, 0.15) is 0 Å². The summed E-state index contributed by atoms with van der Waals surface area (Å²) in [6.07, 6.45) is 6.81. The monoisotopic (exact) mass is 269 g/mol. The molecule has 1 saturated carbocycles. The maximum atomic E-state index is 11.7. The highest BCUT2D eigenvalue weighted by Crippen LogP contribution is 2.25. The van der Waals surface area contributed by atoms with Crippen molar-refractivity contribution in [2.24, 2.45) is 17.6 Å². The Morgan fingerprint density at radius 2 is 1.79 bits per heavy atom. The normalized spacial score (nSPS) is 17.8. The third kappa shape index (κ3) is 6.57. The fourth-order valence-corrected chi connectivity index (χ4v) is 2.39. The average molecular weight is 269 g/mol. The second-order valence-electron chi connectivity index (χ2n) is 5.49. The zero-order valence-electron chi connectivity index (χ0n) is 11.9. The first kappa shape index (κ1) is 16.0. The van der Waals surface area contributed by atoms with Gasteiger partial charge in [-0.05, 0) is 18.8 Å². The smallest absolute Gasteiger partial charge is 0.224 e. The summed E-state index contributed by atoms with van der Waals surface area (Å²) in [4.78, 5) is 23.1. The Labute approximate surface area is 115 Å². The van der Waals surface area contributed by atoms with E-state index < -0.39 is 0 Å². The molecule has 110 valence electrons. The Hall–Kier alpha value is -1.10. The third-order valence-electron chi connectivity index (χ3n) is 3.75. The lowest BCUT2D eigenvalue weighted by molar-refractivity contribution is -0.125. The van der Waals surface area contributed by atoms with Crippen LogP contribution in [-0.4, -0.2) is 31.4 Å². The van der Waals surface area contributed by atoms with Crippen LogP contribution in [0.3, 0.4) is 0 Å². The number of nitrogens with two attached hydrogens (primary N) is 1. The Balaban J connectivity index is 2.05. The maximum absolute atomic E-state index is 11.7. The first-order valence-electron chi connectivity index (χ1n) is 7.38. The van der Waals surface area contributed by atoms with E-state index in [0.717, 1.165) is 0 Å². The standard InChI is InChI=1S/C14H27N3O2/c1-11(10-15)14(19)17-8-7-16-13(18)9-12-5-3-2-4-6-12/h11-12H,2-10,15H2,1H3,(H,16,18)(H,17,19). The lowest BCUT2D eigenvalue weighted by atomic mass is 9.87. The summed E-state index contributed by atoms with van der Waals surface area (Å²) in [7, 11) is 0. The molecule has 5 heteroatoms. The van der Waals surface area contributed by atoms with Gasteiger partial charge >= 0.3 is 0 Å². The summed E-state index contributed by atoms with van der Waals surface area (Å²) in [6, 6.07) is 0.